The number of amides is 1. The minimum atomic E-state index is -0.0917. The number of rotatable bonds is 6. The van der Waals surface area contributed by atoms with Crippen molar-refractivity contribution < 1.29 is 9.53 Å². The molecule has 0 heterocycles. The van der Waals surface area contributed by atoms with Crippen molar-refractivity contribution in [1.29, 1.82) is 0 Å². The first-order valence-corrected chi connectivity index (χ1v) is 7.39. The summed E-state index contributed by atoms with van der Waals surface area (Å²) in [6.07, 6.45) is 0. The topological polar surface area (TPSA) is 50.4 Å². The van der Waals surface area contributed by atoms with Crippen LogP contribution in [0.4, 0.5) is 5.69 Å². The highest BCUT2D eigenvalue weighted by molar-refractivity contribution is 6.30. The highest BCUT2D eigenvalue weighted by atomic mass is 35.5. The highest BCUT2D eigenvalue weighted by Crippen LogP contribution is 2.16. The molecule has 0 radical (unpaired) electrons. The smallest absolute Gasteiger partial charge is 0.238 e. The van der Waals surface area contributed by atoms with Crippen LogP contribution in [-0.2, 0) is 4.79 Å². The molecule has 0 aliphatic carbocycles. The molecule has 0 saturated heterocycles. The molecule has 22 heavy (non-hydrogen) atoms. The standard InChI is InChI=1S/C17H19ClN2O2/c1-12(13-3-5-14(18)6-4-13)19-11-17(21)20-15-7-9-16(22-2)10-8-15/h3-10,12,19H,11H2,1-2H3,(H,20,21)/t12-/m0/s1. The molecule has 0 aliphatic heterocycles. The van der Waals surface area contributed by atoms with Crippen LogP contribution < -0.4 is 15.4 Å². The van der Waals surface area contributed by atoms with E-state index in [0.717, 1.165) is 17.0 Å². The van der Waals surface area contributed by atoms with Crippen LogP contribution in [-0.4, -0.2) is 19.6 Å². The molecule has 0 spiro atoms. The number of methoxy groups -OCH3 is 1. The van der Waals surface area contributed by atoms with Crippen LogP contribution in [0.5, 0.6) is 5.75 Å². The molecule has 2 aromatic rings. The Hall–Kier alpha value is -2.04. The maximum atomic E-state index is 11.9. The molecule has 0 aliphatic rings. The normalized spacial score (nSPS) is 11.8. The van der Waals surface area contributed by atoms with Crippen molar-refractivity contribution in [2.45, 2.75) is 13.0 Å². The molecule has 2 N–H and O–H groups in total. The molecule has 2 aromatic carbocycles. The van der Waals surface area contributed by atoms with Crippen molar-refractivity contribution in [3.05, 3.63) is 59.1 Å². The van der Waals surface area contributed by atoms with E-state index in [0.29, 0.717) is 5.02 Å². The van der Waals surface area contributed by atoms with Crippen molar-refractivity contribution in [3.8, 4) is 5.75 Å². The fourth-order valence-electron chi connectivity index (χ4n) is 1.99. The van der Waals surface area contributed by atoms with Gasteiger partial charge in [0.2, 0.25) is 5.91 Å². The quantitative estimate of drug-likeness (QED) is 0.855. The monoisotopic (exact) mass is 318 g/mol. The maximum Gasteiger partial charge on any atom is 0.238 e. The fraction of sp³-hybridized carbons (Fsp3) is 0.235. The highest BCUT2D eigenvalue weighted by Gasteiger charge is 2.08. The molecule has 0 saturated carbocycles. The summed E-state index contributed by atoms with van der Waals surface area (Å²) in [6.45, 7) is 2.24. The van der Waals surface area contributed by atoms with E-state index in [2.05, 4.69) is 10.6 Å². The summed E-state index contributed by atoms with van der Waals surface area (Å²) >= 11 is 5.86. The van der Waals surface area contributed by atoms with Gasteiger partial charge < -0.3 is 15.4 Å². The number of hydrogen-bond acceptors (Lipinski definition) is 3. The third-order valence-electron chi connectivity index (χ3n) is 3.31. The van der Waals surface area contributed by atoms with E-state index >= 15 is 0 Å². The van der Waals surface area contributed by atoms with Crippen LogP contribution >= 0.6 is 11.6 Å². The third kappa shape index (κ3) is 4.76. The Kier molecular flexibility index (Phi) is 5.81. The Morgan fingerprint density at radius 2 is 1.77 bits per heavy atom. The van der Waals surface area contributed by atoms with Gasteiger partial charge in [-0.2, -0.15) is 0 Å². The first-order valence-electron chi connectivity index (χ1n) is 7.01. The summed E-state index contributed by atoms with van der Waals surface area (Å²) in [5.41, 5.74) is 1.83. The summed E-state index contributed by atoms with van der Waals surface area (Å²) in [7, 11) is 1.61. The fourth-order valence-corrected chi connectivity index (χ4v) is 2.12. The molecule has 5 heteroatoms. The van der Waals surface area contributed by atoms with Crippen LogP contribution in [0.25, 0.3) is 0 Å². The van der Waals surface area contributed by atoms with Gasteiger partial charge >= 0.3 is 0 Å². The molecule has 0 aromatic heterocycles. The van der Waals surface area contributed by atoms with Gasteiger partial charge in [0.25, 0.3) is 0 Å². The molecule has 1 atom stereocenters. The zero-order valence-electron chi connectivity index (χ0n) is 12.6. The SMILES string of the molecule is COc1ccc(NC(=O)CN[C@@H](C)c2ccc(Cl)cc2)cc1. The Morgan fingerprint density at radius 1 is 1.14 bits per heavy atom. The largest absolute Gasteiger partial charge is 0.497 e. The van der Waals surface area contributed by atoms with Gasteiger partial charge in [-0.1, -0.05) is 23.7 Å². The van der Waals surface area contributed by atoms with Gasteiger partial charge in [-0.25, -0.2) is 0 Å². The molecule has 0 unspecified atom stereocenters. The molecular weight excluding hydrogens is 300 g/mol. The molecule has 0 fully saturated rings. The average Bonchev–Trinajstić information content (AvgIpc) is 2.54. The van der Waals surface area contributed by atoms with E-state index in [1.54, 1.807) is 31.4 Å². The van der Waals surface area contributed by atoms with Gasteiger partial charge in [0.15, 0.2) is 0 Å². The second kappa shape index (κ2) is 7.82. The van der Waals surface area contributed by atoms with E-state index in [9.17, 15) is 4.79 Å². The zero-order chi connectivity index (χ0) is 15.9. The lowest BCUT2D eigenvalue weighted by molar-refractivity contribution is -0.115. The van der Waals surface area contributed by atoms with E-state index in [4.69, 9.17) is 16.3 Å². The van der Waals surface area contributed by atoms with Crippen LogP contribution in [0.3, 0.4) is 0 Å². The number of anilines is 1. The minimum absolute atomic E-state index is 0.0684. The van der Waals surface area contributed by atoms with E-state index in [-0.39, 0.29) is 18.5 Å². The number of carbonyl (C=O) groups is 1. The molecule has 4 nitrogen and oxygen atoms in total. The van der Waals surface area contributed by atoms with Crippen molar-refractivity contribution in [2.24, 2.45) is 0 Å². The number of halogens is 1. The Balaban J connectivity index is 1.82. The van der Waals surface area contributed by atoms with Crippen molar-refractivity contribution in [2.75, 3.05) is 19.0 Å². The van der Waals surface area contributed by atoms with Crippen LogP contribution in [0, 0.1) is 0 Å². The lowest BCUT2D eigenvalue weighted by atomic mass is 10.1. The summed E-state index contributed by atoms with van der Waals surface area (Å²) in [4.78, 5) is 11.9. The van der Waals surface area contributed by atoms with Crippen LogP contribution in [0.2, 0.25) is 5.02 Å². The number of benzene rings is 2. The number of carbonyl (C=O) groups excluding carboxylic acids is 1. The lowest BCUT2D eigenvalue weighted by Gasteiger charge is -2.14. The van der Waals surface area contributed by atoms with Crippen molar-refractivity contribution >= 4 is 23.2 Å². The van der Waals surface area contributed by atoms with Gasteiger partial charge in [-0.15, -0.1) is 0 Å². The average molecular weight is 319 g/mol. The second-order valence-electron chi connectivity index (χ2n) is 4.93. The zero-order valence-corrected chi connectivity index (χ0v) is 13.4. The van der Waals surface area contributed by atoms with Crippen LogP contribution in [0.1, 0.15) is 18.5 Å². The van der Waals surface area contributed by atoms with E-state index in [1.165, 1.54) is 0 Å². The first kappa shape index (κ1) is 16.3. The van der Waals surface area contributed by atoms with Gasteiger partial charge in [0.05, 0.1) is 13.7 Å². The summed E-state index contributed by atoms with van der Waals surface area (Å²) in [5, 5.41) is 6.71. The molecule has 2 rings (SSSR count). The predicted octanol–water partition coefficient (Wildman–Crippen LogP) is 3.64. The van der Waals surface area contributed by atoms with Gasteiger partial charge in [-0.05, 0) is 48.9 Å². The lowest BCUT2D eigenvalue weighted by Crippen LogP contribution is -2.30. The summed E-state index contributed by atoms with van der Waals surface area (Å²) in [6, 6.07) is 14.9. The molecule has 1 amide bonds. The van der Waals surface area contributed by atoms with Crippen molar-refractivity contribution in [3.63, 3.8) is 0 Å². The first-order chi connectivity index (χ1) is 10.6. The Bertz CT molecular complexity index is 612. The third-order valence-corrected chi connectivity index (χ3v) is 3.56. The summed E-state index contributed by atoms with van der Waals surface area (Å²) < 4.78 is 5.08. The van der Waals surface area contributed by atoms with E-state index < -0.39 is 0 Å². The summed E-state index contributed by atoms with van der Waals surface area (Å²) in [5.74, 6) is 0.665. The maximum absolute atomic E-state index is 11.9. The van der Waals surface area contributed by atoms with Gasteiger partial charge in [0.1, 0.15) is 5.75 Å². The minimum Gasteiger partial charge on any atom is -0.497 e. The number of nitrogens with one attached hydrogen (secondary N) is 2. The number of hydrogen-bond donors (Lipinski definition) is 2. The Labute approximate surface area is 135 Å². The van der Waals surface area contributed by atoms with Crippen molar-refractivity contribution in [1.82, 2.24) is 5.32 Å². The van der Waals surface area contributed by atoms with Gasteiger partial charge in [0, 0.05) is 16.8 Å². The Morgan fingerprint density at radius 3 is 2.36 bits per heavy atom. The van der Waals surface area contributed by atoms with Crippen LogP contribution in [0.15, 0.2) is 48.5 Å². The molecule has 0 bridgehead atoms. The molecular formula is C17H19ClN2O2. The van der Waals surface area contributed by atoms with E-state index in [1.807, 2.05) is 31.2 Å². The number of ether oxygens (including phenoxy) is 1. The van der Waals surface area contributed by atoms with Gasteiger partial charge in [-0.3, -0.25) is 4.79 Å². The predicted molar refractivity (Wildman–Crippen MR) is 89.5 cm³/mol. The molecule has 116 valence electrons. The second-order valence-corrected chi connectivity index (χ2v) is 5.37.